The van der Waals surface area contributed by atoms with E-state index in [1.807, 2.05) is 12.1 Å². The summed E-state index contributed by atoms with van der Waals surface area (Å²) in [4.78, 5) is 24.2. The summed E-state index contributed by atoms with van der Waals surface area (Å²) in [5.74, 6) is -0.942. The smallest absolute Gasteiger partial charge is 0.313 e. The van der Waals surface area contributed by atoms with E-state index in [9.17, 15) is 14.7 Å². The molecule has 0 radical (unpaired) electrons. The molecule has 2 aromatic rings. The van der Waals surface area contributed by atoms with Crippen molar-refractivity contribution in [3.05, 3.63) is 58.6 Å². The predicted octanol–water partition coefficient (Wildman–Crippen LogP) is 2.63. The van der Waals surface area contributed by atoms with Crippen LogP contribution in [0.25, 0.3) is 0 Å². The average molecular weight is 389 g/mol. The van der Waals surface area contributed by atoms with Crippen molar-refractivity contribution in [2.75, 3.05) is 19.0 Å². The van der Waals surface area contributed by atoms with E-state index in [0.717, 1.165) is 29.7 Å². The summed E-state index contributed by atoms with van der Waals surface area (Å²) >= 11 is 5.98. The van der Waals surface area contributed by atoms with E-state index >= 15 is 0 Å². The molecule has 0 saturated heterocycles. The van der Waals surface area contributed by atoms with Gasteiger partial charge in [0.1, 0.15) is 11.4 Å². The van der Waals surface area contributed by atoms with Crippen LogP contribution in [0.3, 0.4) is 0 Å². The highest BCUT2D eigenvalue weighted by molar-refractivity contribution is 6.41. The zero-order chi connectivity index (χ0) is 19.4. The van der Waals surface area contributed by atoms with Crippen molar-refractivity contribution in [1.29, 1.82) is 0 Å². The van der Waals surface area contributed by atoms with Gasteiger partial charge in [0.2, 0.25) is 0 Å². The molecule has 7 heteroatoms. The maximum atomic E-state index is 12.2. The van der Waals surface area contributed by atoms with Gasteiger partial charge in [-0.15, -0.1) is 0 Å². The predicted molar refractivity (Wildman–Crippen MR) is 103 cm³/mol. The Bertz CT molecular complexity index is 871. The van der Waals surface area contributed by atoms with E-state index in [2.05, 4.69) is 10.6 Å². The van der Waals surface area contributed by atoms with Gasteiger partial charge in [-0.1, -0.05) is 29.8 Å². The molecule has 1 atom stereocenters. The minimum atomic E-state index is -1.22. The summed E-state index contributed by atoms with van der Waals surface area (Å²) in [5.41, 5.74) is 0.868. The molecular formula is C20H21ClN2O4. The second-order valence-electron chi connectivity index (χ2n) is 6.52. The number of hydrogen-bond acceptors (Lipinski definition) is 4. The molecule has 142 valence electrons. The van der Waals surface area contributed by atoms with Gasteiger partial charge in [-0.25, -0.2) is 0 Å². The van der Waals surface area contributed by atoms with Gasteiger partial charge in [0.25, 0.3) is 0 Å². The highest BCUT2D eigenvalue weighted by atomic mass is 35.5. The minimum absolute atomic E-state index is 0.0545. The van der Waals surface area contributed by atoms with E-state index in [-0.39, 0.29) is 6.54 Å². The number of rotatable bonds is 4. The van der Waals surface area contributed by atoms with E-state index < -0.39 is 17.4 Å². The molecule has 0 saturated carbocycles. The fraction of sp³-hybridized carbons (Fsp3) is 0.300. The zero-order valence-electron chi connectivity index (χ0n) is 14.9. The van der Waals surface area contributed by atoms with Crippen molar-refractivity contribution in [3.63, 3.8) is 0 Å². The third-order valence-corrected chi connectivity index (χ3v) is 5.05. The molecule has 0 aromatic heterocycles. The molecule has 2 aromatic carbocycles. The lowest BCUT2D eigenvalue weighted by molar-refractivity contribution is -0.137. The molecule has 2 amide bonds. The first-order valence-corrected chi connectivity index (χ1v) is 9.04. The molecule has 27 heavy (non-hydrogen) atoms. The Balaban J connectivity index is 1.67. The maximum absolute atomic E-state index is 12.2. The Morgan fingerprint density at radius 2 is 2.00 bits per heavy atom. The second kappa shape index (κ2) is 7.98. The quantitative estimate of drug-likeness (QED) is 0.702. The molecule has 6 nitrogen and oxygen atoms in total. The summed E-state index contributed by atoms with van der Waals surface area (Å²) in [6.07, 6.45) is 2.10. The maximum Gasteiger partial charge on any atom is 0.313 e. The van der Waals surface area contributed by atoms with Crippen molar-refractivity contribution in [3.8, 4) is 5.75 Å². The summed E-state index contributed by atoms with van der Waals surface area (Å²) in [6, 6.07) is 12.1. The first-order chi connectivity index (χ1) is 12.9. The molecule has 0 aliphatic heterocycles. The molecule has 0 bridgehead atoms. The molecule has 0 spiro atoms. The number of amides is 2. The van der Waals surface area contributed by atoms with Crippen LogP contribution in [0.5, 0.6) is 5.75 Å². The third-order valence-electron chi connectivity index (χ3n) is 4.72. The molecule has 3 N–H and O–H groups in total. The van der Waals surface area contributed by atoms with Crippen molar-refractivity contribution >= 4 is 29.1 Å². The van der Waals surface area contributed by atoms with Gasteiger partial charge in [0.15, 0.2) is 0 Å². The van der Waals surface area contributed by atoms with E-state index in [0.29, 0.717) is 17.1 Å². The van der Waals surface area contributed by atoms with Crippen LogP contribution in [0, 0.1) is 0 Å². The van der Waals surface area contributed by atoms with Crippen molar-refractivity contribution in [1.82, 2.24) is 5.32 Å². The normalized spacial score (nSPS) is 18.3. The lowest BCUT2D eigenvalue weighted by atomic mass is 9.79. The number of halogens is 1. The van der Waals surface area contributed by atoms with Gasteiger partial charge < -0.3 is 20.5 Å². The number of benzene rings is 2. The molecule has 1 aliphatic carbocycles. The Labute approximate surface area is 162 Å². The van der Waals surface area contributed by atoms with Crippen LogP contribution in [-0.2, 0) is 21.6 Å². The van der Waals surface area contributed by atoms with Crippen LogP contribution in [-0.4, -0.2) is 30.6 Å². The van der Waals surface area contributed by atoms with Crippen molar-refractivity contribution in [2.45, 2.75) is 24.9 Å². The highest BCUT2D eigenvalue weighted by Gasteiger charge is 2.35. The number of ether oxygens (including phenoxy) is 1. The van der Waals surface area contributed by atoms with E-state index in [4.69, 9.17) is 16.3 Å². The van der Waals surface area contributed by atoms with Crippen LogP contribution < -0.4 is 15.4 Å². The largest absolute Gasteiger partial charge is 0.497 e. The molecule has 0 fully saturated rings. The summed E-state index contributed by atoms with van der Waals surface area (Å²) in [7, 11) is 1.59. The summed E-state index contributed by atoms with van der Waals surface area (Å²) < 4.78 is 5.23. The van der Waals surface area contributed by atoms with Crippen LogP contribution in [0.1, 0.15) is 24.0 Å². The van der Waals surface area contributed by atoms with Crippen LogP contribution >= 0.6 is 11.6 Å². The number of aliphatic hydroxyl groups is 1. The van der Waals surface area contributed by atoms with E-state index in [1.165, 1.54) is 0 Å². The number of carbonyl (C=O) groups is 2. The average Bonchev–Trinajstić information content (AvgIpc) is 2.67. The number of hydrogen-bond donors (Lipinski definition) is 3. The lowest BCUT2D eigenvalue weighted by Crippen LogP contribution is -2.46. The molecular weight excluding hydrogens is 368 g/mol. The van der Waals surface area contributed by atoms with Crippen LogP contribution in [0.2, 0.25) is 5.02 Å². The van der Waals surface area contributed by atoms with Gasteiger partial charge >= 0.3 is 11.8 Å². The number of anilines is 1. The van der Waals surface area contributed by atoms with Crippen LogP contribution in [0.4, 0.5) is 5.69 Å². The Kier molecular flexibility index (Phi) is 5.68. The molecule has 1 unspecified atom stereocenters. The monoisotopic (exact) mass is 388 g/mol. The SMILES string of the molecule is COc1ccc2c(c1)CCCC2(O)CNC(=O)C(=O)Nc1ccccc1Cl. The number of nitrogens with one attached hydrogen (secondary N) is 2. The summed E-state index contributed by atoms with van der Waals surface area (Å²) in [6.45, 7) is -0.0545. The Hall–Kier alpha value is -2.57. The molecule has 3 rings (SSSR count). The third kappa shape index (κ3) is 4.23. The first-order valence-electron chi connectivity index (χ1n) is 8.66. The second-order valence-corrected chi connectivity index (χ2v) is 6.93. The van der Waals surface area contributed by atoms with E-state index in [1.54, 1.807) is 37.4 Å². The molecule has 1 aliphatic rings. The van der Waals surface area contributed by atoms with Gasteiger partial charge in [-0.3, -0.25) is 9.59 Å². The highest BCUT2D eigenvalue weighted by Crippen LogP contribution is 2.36. The number of fused-ring (bicyclic) bond motifs is 1. The number of carbonyl (C=O) groups excluding carboxylic acids is 2. The topological polar surface area (TPSA) is 87.7 Å². The number of aryl methyl sites for hydroxylation is 1. The standard InChI is InChI=1S/C20H21ClN2O4/c1-27-14-8-9-15-13(11-14)5-4-10-20(15,26)12-22-18(24)19(25)23-17-7-3-2-6-16(17)21/h2-3,6-9,11,26H,4-5,10,12H2,1H3,(H,22,24)(H,23,25). The minimum Gasteiger partial charge on any atom is -0.497 e. The van der Waals surface area contributed by atoms with Crippen molar-refractivity contribution in [2.24, 2.45) is 0 Å². The number of methoxy groups -OCH3 is 1. The van der Waals surface area contributed by atoms with Gasteiger partial charge in [0, 0.05) is 0 Å². The Morgan fingerprint density at radius 3 is 2.74 bits per heavy atom. The lowest BCUT2D eigenvalue weighted by Gasteiger charge is -2.34. The fourth-order valence-corrected chi connectivity index (χ4v) is 3.48. The molecule has 0 heterocycles. The van der Waals surface area contributed by atoms with Crippen LogP contribution in [0.15, 0.2) is 42.5 Å². The Morgan fingerprint density at radius 1 is 1.22 bits per heavy atom. The summed E-state index contributed by atoms with van der Waals surface area (Å²) in [5, 5.41) is 16.4. The zero-order valence-corrected chi connectivity index (χ0v) is 15.7. The van der Waals surface area contributed by atoms with Gasteiger partial charge in [0.05, 0.1) is 24.4 Å². The van der Waals surface area contributed by atoms with Crippen molar-refractivity contribution < 1.29 is 19.4 Å². The van der Waals surface area contributed by atoms with Gasteiger partial charge in [-0.2, -0.15) is 0 Å². The number of para-hydroxylation sites is 1. The first kappa shape index (κ1) is 19.2. The fourth-order valence-electron chi connectivity index (χ4n) is 3.30. The van der Waals surface area contributed by atoms with Gasteiger partial charge in [-0.05, 0) is 54.7 Å².